The maximum atomic E-state index is 12.3. The number of rotatable bonds is 0. The molecule has 3 heterocycles. The Morgan fingerprint density at radius 2 is 1.21 bits per heavy atom. The molecular weight excluding hydrogens is 310 g/mol. The van der Waals surface area contributed by atoms with Gasteiger partial charge in [0, 0.05) is 16.3 Å². The SMILES string of the molecule is Cc1ccc2[nH]c3c4c(=O)[nH]c(=O)c4c4c(=O)[nH]c(=O)c4c3c2c1. The summed E-state index contributed by atoms with van der Waals surface area (Å²) >= 11 is 0. The average molecular weight is 319 g/mol. The van der Waals surface area contributed by atoms with Gasteiger partial charge in [-0.3, -0.25) is 29.1 Å². The fourth-order valence-corrected chi connectivity index (χ4v) is 3.62. The van der Waals surface area contributed by atoms with Crippen LogP contribution in [0.15, 0.2) is 37.4 Å². The minimum Gasteiger partial charge on any atom is -0.354 e. The van der Waals surface area contributed by atoms with Crippen LogP contribution in [0.25, 0.3) is 43.4 Å². The van der Waals surface area contributed by atoms with Crippen LogP contribution in [0.3, 0.4) is 0 Å². The number of hydrogen-bond donors (Lipinski definition) is 3. The molecule has 2 aromatic carbocycles. The van der Waals surface area contributed by atoms with Crippen molar-refractivity contribution < 1.29 is 0 Å². The van der Waals surface area contributed by atoms with E-state index >= 15 is 0 Å². The normalized spacial score (nSPS) is 12.2. The Hall–Kier alpha value is -3.48. The van der Waals surface area contributed by atoms with Crippen molar-refractivity contribution in [3.05, 3.63) is 65.2 Å². The molecule has 0 aliphatic carbocycles. The number of aryl methyl sites for hydroxylation is 1. The van der Waals surface area contributed by atoms with Crippen LogP contribution in [0.5, 0.6) is 0 Å². The van der Waals surface area contributed by atoms with Gasteiger partial charge in [0.2, 0.25) is 0 Å². The van der Waals surface area contributed by atoms with Crippen LogP contribution < -0.4 is 22.2 Å². The molecule has 116 valence electrons. The molecule has 0 aliphatic rings. The zero-order valence-electron chi connectivity index (χ0n) is 12.4. The minimum atomic E-state index is -0.659. The van der Waals surface area contributed by atoms with Crippen molar-refractivity contribution in [1.82, 2.24) is 15.0 Å². The lowest BCUT2D eigenvalue weighted by molar-refractivity contribution is 1.26. The van der Waals surface area contributed by atoms with E-state index in [0.29, 0.717) is 10.9 Å². The summed E-state index contributed by atoms with van der Waals surface area (Å²) < 4.78 is 0. The Morgan fingerprint density at radius 3 is 1.88 bits per heavy atom. The summed E-state index contributed by atoms with van der Waals surface area (Å²) in [7, 11) is 0. The number of aromatic amines is 3. The van der Waals surface area contributed by atoms with Crippen LogP contribution in [0, 0.1) is 6.92 Å². The van der Waals surface area contributed by atoms with Gasteiger partial charge in [0.1, 0.15) is 0 Å². The van der Waals surface area contributed by atoms with Gasteiger partial charge in [-0.05, 0) is 19.1 Å². The van der Waals surface area contributed by atoms with Gasteiger partial charge in [0.05, 0.1) is 27.1 Å². The molecule has 0 aliphatic heterocycles. The Labute approximate surface area is 131 Å². The van der Waals surface area contributed by atoms with Gasteiger partial charge in [0.15, 0.2) is 0 Å². The fraction of sp³-hybridized carbons (Fsp3) is 0.0588. The van der Waals surface area contributed by atoms with Crippen molar-refractivity contribution in [2.75, 3.05) is 0 Å². The molecule has 7 nitrogen and oxygen atoms in total. The van der Waals surface area contributed by atoms with Gasteiger partial charge in [-0.25, -0.2) is 0 Å². The summed E-state index contributed by atoms with van der Waals surface area (Å²) in [6, 6.07) is 5.62. The molecule has 0 spiro atoms. The van der Waals surface area contributed by atoms with Gasteiger partial charge in [-0.2, -0.15) is 0 Å². The molecule has 3 N–H and O–H groups in total. The summed E-state index contributed by atoms with van der Waals surface area (Å²) in [5, 5.41) is 1.45. The van der Waals surface area contributed by atoms with Crippen LogP contribution >= 0.6 is 0 Å². The van der Waals surface area contributed by atoms with Gasteiger partial charge in [-0.1, -0.05) is 11.6 Å². The Balaban J connectivity index is 2.37. The smallest absolute Gasteiger partial charge is 0.261 e. The van der Waals surface area contributed by atoms with E-state index in [-0.39, 0.29) is 21.5 Å². The largest absolute Gasteiger partial charge is 0.354 e. The third-order valence-corrected chi connectivity index (χ3v) is 4.57. The molecule has 0 saturated carbocycles. The predicted molar refractivity (Wildman–Crippen MR) is 91.7 cm³/mol. The molecular formula is C17H9N3O4. The maximum absolute atomic E-state index is 12.3. The van der Waals surface area contributed by atoms with Crippen LogP contribution in [-0.4, -0.2) is 15.0 Å². The Bertz CT molecular complexity index is 1540. The Morgan fingerprint density at radius 1 is 0.667 bits per heavy atom. The van der Waals surface area contributed by atoms with Gasteiger partial charge in [0.25, 0.3) is 22.2 Å². The molecule has 0 unspecified atom stereocenters. The highest BCUT2D eigenvalue weighted by Crippen LogP contribution is 2.34. The summed E-state index contributed by atoms with van der Waals surface area (Å²) in [4.78, 5) is 56.5. The van der Waals surface area contributed by atoms with Crippen LogP contribution in [0.4, 0.5) is 0 Å². The highest BCUT2D eigenvalue weighted by atomic mass is 16.2. The average Bonchev–Trinajstić information content (AvgIpc) is 3.12. The first kappa shape index (κ1) is 13.0. The predicted octanol–water partition coefficient (Wildman–Crippen LogP) is 0.909. The fourth-order valence-electron chi connectivity index (χ4n) is 3.62. The number of benzene rings is 2. The lowest BCUT2D eigenvalue weighted by atomic mass is 10.0. The van der Waals surface area contributed by atoms with Gasteiger partial charge in [-0.15, -0.1) is 0 Å². The number of aromatic nitrogens is 3. The van der Waals surface area contributed by atoms with Crippen molar-refractivity contribution >= 4 is 43.4 Å². The van der Waals surface area contributed by atoms with E-state index < -0.39 is 22.2 Å². The van der Waals surface area contributed by atoms with Crippen molar-refractivity contribution in [3.63, 3.8) is 0 Å². The molecule has 5 aromatic rings. The molecule has 0 bridgehead atoms. The third-order valence-electron chi connectivity index (χ3n) is 4.57. The van der Waals surface area contributed by atoms with Crippen LogP contribution in [0.2, 0.25) is 0 Å². The summed E-state index contributed by atoms with van der Waals surface area (Å²) in [5.74, 6) is 0. The van der Waals surface area contributed by atoms with Crippen molar-refractivity contribution in [2.45, 2.75) is 6.92 Å². The second kappa shape index (κ2) is 3.88. The van der Waals surface area contributed by atoms with E-state index in [4.69, 9.17) is 0 Å². The minimum absolute atomic E-state index is 0.0201. The molecule has 24 heavy (non-hydrogen) atoms. The second-order valence-electron chi connectivity index (χ2n) is 5.99. The molecule has 3 aromatic heterocycles. The monoisotopic (exact) mass is 319 g/mol. The third kappa shape index (κ3) is 1.32. The standard InChI is InChI=1S/C17H9N3O4/c1-5-2-3-7-6(4-5)8-9-10(15(22)19-14(9)21)11-12(13(8)18-7)17(24)20-16(11)23/h2-4,18H,1H3,(H,19,21,22)(H,20,23,24). The van der Waals surface area contributed by atoms with Gasteiger partial charge < -0.3 is 4.98 Å². The first-order valence-electron chi connectivity index (χ1n) is 7.30. The van der Waals surface area contributed by atoms with E-state index in [1.165, 1.54) is 0 Å². The number of nitrogens with one attached hydrogen (secondary N) is 3. The van der Waals surface area contributed by atoms with Crippen molar-refractivity contribution in [2.24, 2.45) is 0 Å². The molecule has 0 fully saturated rings. The van der Waals surface area contributed by atoms with E-state index in [9.17, 15) is 19.2 Å². The van der Waals surface area contributed by atoms with Crippen LogP contribution in [0.1, 0.15) is 5.56 Å². The molecule has 5 rings (SSSR count). The van der Waals surface area contributed by atoms with E-state index in [2.05, 4.69) is 15.0 Å². The van der Waals surface area contributed by atoms with Gasteiger partial charge >= 0.3 is 0 Å². The van der Waals surface area contributed by atoms with E-state index in [1.54, 1.807) is 0 Å². The summed E-state index contributed by atoms with van der Waals surface area (Å²) in [6.45, 7) is 1.91. The molecule has 0 amide bonds. The van der Waals surface area contributed by atoms with E-state index in [1.807, 2.05) is 25.1 Å². The topological polar surface area (TPSA) is 116 Å². The zero-order chi connectivity index (χ0) is 16.7. The molecule has 0 saturated heterocycles. The first-order chi connectivity index (χ1) is 11.5. The number of H-pyrrole nitrogens is 3. The maximum Gasteiger partial charge on any atom is 0.261 e. The van der Waals surface area contributed by atoms with Crippen molar-refractivity contribution in [1.29, 1.82) is 0 Å². The first-order valence-corrected chi connectivity index (χ1v) is 7.30. The highest BCUT2D eigenvalue weighted by Gasteiger charge is 2.23. The second-order valence-corrected chi connectivity index (χ2v) is 5.99. The number of fused-ring (bicyclic) bond motifs is 8. The lowest BCUT2D eigenvalue weighted by Gasteiger charge is -1.96. The van der Waals surface area contributed by atoms with Crippen LogP contribution in [-0.2, 0) is 0 Å². The quantitative estimate of drug-likeness (QED) is 0.393. The lowest BCUT2D eigenvalue weighted by Crippen LogP contribution is -2.08. The Kier molecular flexibility index (Phi) is 2.10. The number of hydrogen-bond acceptors (Lipinski definition) is 4. The zero-order valence-corrected chi connectivity index (χ0v) is 12.4. The van der Waals surface area contributed by atoms with E-state index in [0.717, 1.165) is 16.5 Å². The molecule has 7 heteroatoms. The summed E-state index contributed by atoms with van der Waals surface area (Å²) in [5.41, 5.74) is -0.339. The molecule has 0 atom stereocenters. The summed E-state index contributed by atoms with van der Waals surface area (Å²) in [6.07, 6.45) is 0. The van der Waals surface area contributed by atoms with Crippen molar-refractivity contribution in [3.8, 4) is 0 Å². The highest BCUT2D eigenvalue weighted by molar-refractivity contribution is 6.31. The molecule has 0 radical (unpaired) electrons.